The SMILES string of the molecule is O=P(O)(O)CC=CCC(CCCCP(=O)(O)O)(P(=O)(O)O)P(=O)(O)O. The summed E-state index contributed by atoms with van der Waals surface area (Å²) in [5, 5.41) is 0. The van der Waals surface area contributed by atoms with Crippen LogP contribution in [0, 0.1) is 0 Å². The molecule has 0 aliphatic carbocycles. The molecule has 0 aliphatic heterocycles. The van der Waals surface area contributed by atoms with Gasteiger partial charge in [-0.15, -0.1) is 0 Å². The van der Waals surface area contributed by atoms with Crippen LogP contribution in [-0.4, -0.2) is 56.4 Å². The highest BCUT2D eigenvalue weighted by molar-refractivity contribution is 7.72. The van der Waals surface area contributed by atoms with E-state index in [1.165, 1.54) is 0 Å². The van der Waals surface area contributed by atoms with Crippen LogP contribution in [0.2, 0.25) is 0 Å². The molecule has 0 saturated carbocycles. The lowest BCUT2D eigenvalue weighted by molar-refractivity contribution is 0.299. The smallest absolute Gasteiger partial charge is 0.324 e. The summed E-state index contributed by atoms with van der Waals surface area (Å²) in [4.78, 5) is 69.9. The third-order valence-corrected chi connectivity index (χ3v) is 9.45. The van der Waals surface area contributed by atoms with Crippen molar-refractivity contribution in [2.75, 3.05) is 12.3 Å². The summed E-state index contributed by atoms with van der Waals surface area (Å²) >= 11 is 0. The fraction of sp³-hybridized carbons (Fsp3) is 0.778. The number of allylic oxidation sites excluding steroid dienone is 2. The Labute approximate surface area is 143 Å². The predicted octanol–water partition coefficient (Wildman–Crippen LogP) is 0.510. The van der Waals surface area contributed by atoms with Crippen LogP contribution in [0.1, 0.15) is 25.7 Å². The molecule has 0 spiro atoms. The van der Waals surface area contributed by atoms with Gasteiger partial charge in [0.15, 0.2) is 4.90 Å². The highest BCUT2D eigenvalue weighted by atomic mass is 31.2. The zero-order chi connectivity index (χ0) is 20.2. The quantitative estimate of drug-likeness (QED) is 0.123. The average molecular weight is 446 g/mol. The Morgan fingerprint density at radius 3 is 1.52 bits per heavy atom. The minimum absolute atomic E-state index is 0.224. The Morgan fingerprint density at radius 1 is 0.680 bits per heavy atom. The van der Waals surface area contributed by atoms with E-state index in [2.05, 4.69) is 0 Å². The topological polar surface area (TPSA) is 230 Å². The Morgan fingerprint density at radius 2 is 1.16 bits per heavy atom. The molecule has 0 heterocycles. The molecule has 8 N–H and O–H groups in total. The van der Waals surface area contributed by atoms with E-state index < -0.39 is 60.4 Å². The molecule has 0 aromatic carbocycles. The first-order chi connectivity index (χ1) is 10.9. The third-order valence-electron chi connectivity index (χ3n) is 3.32. The Bertz CT molecular complexity index is 625. The molecule has 0 unspecified atom stereocenters. The van der Waals surface area contributed by atoms with E-state index in [1.807, 2.05) is 0 Å². The van der Waals surface area contributed by atoms with Gasteiger partial charge in [0.05, 0.1) is 6.16 Å². The summed E-state index contributed by atoms with van der Waals surface area (Å²) in [5.74, 6) is 0. The molecule has 25 heavy (non-hydrogen) atoms. The van der Waals surface area contributed by atoms with E-state index >= 15 is 0 Å². The number of unbranched alkanes of at least 4 members (excludes halogenated alkanes) is 1. The van der Waals surface area contributed by atoms with Crippen LogP contribution in [-0.2, 0) is 18.3 Å². The van der Waals surface area contributed by atoms with Gasteiger partial charge in [0.2, 0.25) is 0 Å². The zero-order valence-corrected chi connectivity index (χ0v) is 16.5. The van der Waals surface area contributed by atoms with Gasteiger partial charge in [-0.1, -0.05) is 18.6 Å². The van der Waals surface area contributed by atoms with Crippen molar-refractivity contribution in [3.8, 4) is 0 Å². The standard InChI is InChI=1S/C9H22O12P4/c10-22(11,12)7-3-1-5-9(24(16,17)18,25(19,20)21)6-2-4-8-23(13,14)15/h1,3H,2,4-8H2,(H2,10,11,12)(H2,13,14,15)(H2,16,17,18)(H2,19,20,21). The molecule has 0 fully saturated rings. The lowest BCUT2D eigenvalue weighted by Crippen LogP contribution is -2.28. The third kappa shape index (κ3) is 9.20. The second kappa shape index (κ2) is 9.02. The molecule has 12 nitrogen and oxygen atoms in total. The molecule has 0 aliphatic rings. The lowest BCUT2D eigenvalue weighted by Gasteiger charge is -2.34. The molecule has 0 radical (unpaired) electrons. The Hall–Kier alpha value is 0.340. The summed E-state index contributed by atoms with van der Waals surface area (Å²) in [6.45, 7) is 0. The Balaban J connectivity index is 5.42. The van der Waals surface area contributed by atoms with Crippen LogP contribution in [0.15, 0.2) is 12.2 Å². The first-order valence-electron chi connectivity index (χ1n) is 6.77. The van der Waals surface area contributed by atoms with Gasteiger partial charge in [-0.25, -0.2) is 0 Å². The van der Waals surface area contributed by atoms with E-state index in [-0.39, 0.29) is 12.8 Å². The highest BCUT2D eigenvalue weighted by Gasteiger charge is 2.58. The highest BCUT2D eigenvalue weighted by Crippen LogP contribution is 2.72. The zero-order valence-electron chi connectivity index (χ0n) is 12.9. The van der Waals surface area contributed by atoms with Crippen molar-refractivity contribution in [3.05, 3.63) is 12.2 Å². The van der Waals surface area contributed by atoms with Gasteiger partial charge in [-0.2, -0.15) is 0 Å². The van der Waals surface area contributed by atoms with Crippen molar-refractivity contribution < 1.29 is 57.4 Å². The molecule has 0 amide bonds. The van der Waals surface area contributed by atoms with Crippen LogP contribution in [0.4, 0.5) is 0 Å². The van der Waals surface area contributed by atoms with E-state index in [0.717, 1.165) is 12.2 Å². The van der Waals surface area contributed by atoms with E-state index in [0.29, 0.717) is 0 Å². The summed E-state index contributed by atoms with van der Waals surface area (Å²) in [6, 6.07) is 0. The summed E-state index contributed by atoms with van der Waals surface area (Å²) in [6.07, 6.45) is -1.77. The maximum atomic E-state index is 11.7. The molecular weight excluding hydrogens is 424 g/mol. The minimum Gasteiger partial charge on any atom is -0.324 e. The van der Waals surface area contributed by atoms with Crippen molar-refractivity contribution in [1.29, 1.82) is 0 Å². The van der Waals surface area contributed by atoms with E-state index in [4.69, 9.17) is 19.6 Å². The monoisotopic (exact) mass is 446 g/mol. The van der Waals surface area contributed by atoms with Crippen LogP contribution < -0.4 is 0 Å². The summed E-state index contributed by atoms with van der Waals surface area (Å²) < 4.78 is 45.0. The van der Waals surface area contributed by atoms with Crippen LogP contribution >= 0.6 is 30.4 Å². The van der Waals surface area contributed by atoms with Gasteiger partial charge >= 0.3 is 30.4 Å². The van der Waals surface area contributed by atoms with Gasteiger partial charge < -0.3 is 39.1 Å². The number of hydrogen-bond donors (Lipinski definition) is 8. The molecule has 0 saturated heterocycles. The minimum atomic E-state index is -5.39. The fourth-order valence-corrected chi connectivity index (χ4v) is 6.01. The van der Waals surface area contributed by atoms with Gasteiger partial charge in [0.25, 0.3) is 0 Å². The molecule has 0 aromatic heterocycles. The second-order valence-electron chi connectivity index (χ2n) is 5.44. The maximum Gasteiger partial charge on any atom is 0.344 e. The van der Waals surface area contributed by atoms with Crippen molar-refractivity contribution in [2.24, 2.45) is 0 Å². The van der Waals surface area contributed by atoms with Gasteiger partial charge in [0, 0.05) is 6.16 Å². The first kappa shape index (κ1) is 25.3. The van der Waals surface area contributed by atoms with Crippen molar-refractivity contribution in [3.63, 3.8) is 0 Å². The Kier molecular flexibility index (Phi) is 9.14. The molecule has 0 rings (SSSR count). The molecule has 150 valence electrons. The first-order valence-corrected chi connectivity index (χ1v) is 13.6. The normalized spacial score (nSPS) is 15.0. The van der Waals surface area contributed by atoms with Gasteiger partial charge in [-0.05, 0) is 19.3 Å². The van der Waals surface area contributed by atoms with Crippen molar-refractivity contribution in [2.45, 2.75) is 30.6 Å². The van der Waals surface area contributed by atoms with Gasteiger partial charge in [-0.3, -0.25) is 18.3 Å². The lowest BCUT2D eigenvalue weighted by atomic mass is 10.1. The summed E-state index contributed by atoms with van der Waals surface area (Å²) in [7, 11) is -19.6. The molecule has 0 atom stereocenters. The molecular formula is C9H22O12P4. The van der Waals surface area contributed by atoms with Crippen LogP contribution in [0.5, 0.6) is 0 Å². The van der Waals surface area contributed by atoms with Crippen molar-refractivity contribution in [1.82, 2.24) is 0 Å². The van der Waals surface area contributed by atoms with Crippen LogP contribution in [0.25, 0.3) is 0 Å². The predicted molar refractivity (Wildman–Crippen MR) is 88.2 cm³/mol. The van der Waals surface area contributed by atoms with Gasteiger partial charge in [0.1, 0.15) is 0 Å². The molecule has 16 heteroatoms. The van der Waals surface area contributed by atoms with E-state index in [9.17, 15) is 37.8 Å². The number of rotatable bonds is 11. The largest absolute Gasteiger partial charge is 0.344 e. The van der Waals surface area contributed by atoms with Crippen LogP contribution in [0.3, 0.4) is 0 Å². The van der Waals surface area contributed by atoms with Crippen molar-refractivity contribution >= 4 is 30.4 Å². The molecule has 0 bridgehead atoms. The van der Waals surface area contributed by atoms with E-state index in [1.54, 1.807) is 0 Å². The average Bonchev–Trinajstić information content (AvgIpc) is 2.31. The fourth-order valence-electron chi connectivity index (χ4n) is 2.01. The number of hydrogen-bond acceptors (Lipinski definition) is 4. The molecule has 0 aromatic rings. The summed E-state index contributed by atoms with van der Waals surface area (Å²) in [5.41, 5.74) is 0. The maximum absolute atomic E-state index is 11.7. The second-order valence-corrected chi connectivity index (χ2v) is 13.2.